The van der Waals surface area contributed by atoms with E-state index in [1.807, 2.05) is 0 Å². The van der Waals surface area contributed by atoms with Crippen molar-refractivity contribution in [1.82, 2.24) is 15.1 Å². The number of hydrogen-bond acceptors (Lipinski definition) is 5. The smallest absolute Gasteiger partial charge is 0.331 e. The molecule has 9 heteroatoms. The van der Waals surface area contributed by atoms with Crippen LogP contribution in [0.4, 0.5) is 4.39 Å². The van der Waals surface area contributed by atoms with Crippen LogP contribution >= 0.6 is 11.6 Å². The molecule has 1 amide bonds. The van der Waals surface area contributed by atoms with E-state index in [1.54, 1.807) is 18.7 Å². The lowest BCUT2D eigenvalue weighted by molar-refractivity contribution is -0.139. The number of benzene rings is 1. The number of esters is 1. The van der Waals surface area contributed by atoms with E-state index >= 15 is 0 Å². The Morgan fingerprint density at radius 3 is 2.67 bits per heavy atom. The summed E-state index contributed by atoms with van der Waals surface area (Å²) in [4.78, 5) is 26.6. The molecule has 0 radical (unpaired) electrons. The van der Waals surface area contributed by atoms with Crippen molar-refractivity contribution in [3.05, 3.63) is 46.5 Å². The predicted molar refractivity (Wildman–Crippen MR) is 111 cm³/mol. The van der Waals surface area contributed by atoms with Crippen molar-refractivity contribution in [1.29, 1.82) is 0 Å². The first-order valence-corrected chi connectivity index (χ1v) is 10.4. The number of halogens is 2. The Bertz CT molecular complexity index is 927. The number of rotatable bonds is 8. The molecule has 1 saturated carbocycles. The van der Waals surface area contributed by atoms with Gasteiger partial charge in [-0.05, 0) is 38.2 Å². The minimum atomic E-state index is -1.15. The van der Waals surface area contributed by atoms with Gasteiger partial charge in [0.15, 0.2) is 5.15 Å². The van der Waals surface area contributed by atoms with Gasteiger partial charge < -0.3 is 15.4 Å². The molecule has 7 nitrogen and oxygen atoms in total. The Morgan fingerprint density at radius 1 is 1.40 bits per heavy atom. The van der Waals surface area contributed by atoms with Gasteiger partial charge in [0.05, 0.1) is 0 Å². The predicted octanol–water partition coefficient (Wildman–Crippen LogP) is 3.68. The highest BCUT2D eigenvalue weighted by atomic mass is 35.5. The number of carbonyl (C=O) groups is 2. The molecule has 2 aromatic rings. The van der Waals surface area contributed by atoms with Crippen molar-refractivity contribution in [2.24, 2.45) is 11.7 Å². The summed E-state index contributed by atoms with van der Waals surface area (Å²) >= 11 is 5.82. The largest absolute Gasteiger partial charge is 0.425 e. The van der Waals surface area contributed by atoms with Gasteiger partial charge >= 0.3 is 5.97 Å². The van der Waals surface area contributed by atoms with Gasteiger partial charge in [-0.1, -0.05) is 31.0 Å². The lowest BCUT2D eigenvalue weighted by Crippen LogP contribution is -2.46. The lowest BCUT2D eigenvalue weighted by atomic mass is 9.85. The van der Waals surface area contributed by atoms with Crippen LogP contribution in [0.1, 0.15) is 55.6 Å². The van der Waals surface area contributed by atoms with E-state index < -0.39 is 17.3 Å². The van der Waals surface area contributed by atoms with E-state index in [0.29, 0.717) is 24.4 Å². The van der Waals surface area contributed by atoms with Crippen LogP contribution in [0.25, 0.3) is 0 Å². The van der Waals surface area contributed by atoms with Gasteiger partial charge in [0.2, 0.25) is 0 Å². The van der Waals surface area contributed by atoms with Gasteiger partial charge in [0.25, 0.3) is 5.91 Å². The SMILES string of the molecule is CCC(C)(N)C(=O)Oc1ccc(CN(CC2CCC2)C(=O)c2cc(Cl)n[nH]2)c(F)c1. The Hall–Kier alpha value is -2.45. The molecular formula is C21H26ClFN4O3. The van der Waals surface area contributed by atoms with Crippen molar-refractivity contribution < 1.29 is 18.7 Å². The molecule has 1 heterocycles. The van der Waals surface area contributed by atoms with Gasteiger partial charge in [-0.2, -0.15) is 5.10 Å². The fourth-order valence-corrected chi connectivity index (χ4v) is 3.23. The van der Waals surface area contributed by atoms with Gasteiger partial charge in [-0.15, -0.1) is 0 Å². The second-order valence-corrected chi connectivity index (χ2v) is 8.39. The molecule has 1 unspecified atom stereocenters. The molecule has 0 bridgehead atoms. The molecule has 162 valence electrons. The second-order valence-electron chi connectivity index (χ2n) is 8.00. The first-order valence-electron chi connectivity index (χ1n) is 9.99. The number of aromatic amines is 1. The van der Waals surface area contributed by atoms with Gasteiger partial charge in [0.1, 0.15) is 22.8 Å². The van der Waals surface area contributed by atoms with Crippen molar-refractivity contribution in [3.8, 4) is 5.75 Å². The molecular weight excluding hydrogens is 411 g/mol. The van der Waals surface area contributed by atoms with Crippen molar-refractivity contribution in [2.45, 2.75) is 51.6 Å². The van der Waals surface area contributed by atoms with Gasteiger partial charge in [0, 0.05) is 30.8 Å². The highest BCUT2D eigenvalue weighted by Gasteiger charge is 2.29. The molecule has 3 N–H and O–H groups in total. The van der Waals surface area contributed by atoms with E-state index in [-0.39, 0.29) is 29.0 Å². The zero-order valence-electron chi connectivity index (χ0n) is 17.1. The standard InChI is InChI=1S/C21H26ClFN4O3/c1-3-21(2,24)20(29)30-15-8-7-14(16(23)9-15)12-27(11-13-5-4-6-13)19(28)17-10-18(22)26-25-17/h7-10,13H,3-6,11-12,24H2,1-2H3,(H,25,26). The molecule has 3 rings (SSSR count). The number of ether oxygens (including phenoxy) is 1. The molecule has 0 spiro atoms. The third kappa shape index (κ3) is 5.17. The third-order valence-electron chi connectivity index (χ3n) is 5.56. The number of carbonyl (C=O) groups excluding carboxylic acids is 2. The topological polar surface area (TPSA) is 101 Å². The first-order chi connectivity index (χ1) is 14.2. The minimum absolute atomic E-state index is 0.0728. The summed E-state index contributed by atoms with van der Waals surface area (Å²) in [7, 11) is 0. The summed E-state index contributed by atoms with van der Waals surface area (Å²) in [5.41, 5.74) is 5.30. The number of nitrogens with two attached hydrogens (primary N) is 1. The zero-order chi connectivity index (χ0) is 21.9. The Balaban J connectivity index is 1.75. The van der Waals surface area contributed by atoms with Crippen LogP contribution in [0.15, 0.2) is 24.3 Å². The Kier molecular flexibility index (Phi) is 6.77. The van der Waals surface area contributed by atoms with Crippen LogP contribution in [0.2, 0.25) is 5.15 Å². The van der Waals surface area contributed by atoms with E-state index in [4.69, 9.17) is 22.1 Å². The quantitative estimate of drug-likeness (QED) is 0.485. The summed E-state index contributed by atoms with van der Waals surface area (Å²) in [6.07, 6.45) is 3.61. The zero-order valence-corrected chi connectivity index (χ0v) is 17.8. The van der Waals surface area contributed by atoms with Crippen LogP contribution in [-0.2, 0) is 11.3 Å². The number of nitrogens with one attached hydrogen (secondary N) is 1. The average Bonchev–Trinajstić information content (AvgIpc) is 3.11. The van der Waals surface area contributed by atoms with Crippen LogP contribution in [0.5, 0.6) is 5.75 Å². The summed E-state index contributed by atoms with van der Waals surface area (Å²) in [6.45, 7) is 3.93. The van der Waals surface area contributed by atoms with E-state index in [0.717, 1.165) is 25.3 Å². The van der Waals surface area contributed by atoms with Gasteiger partial charge in [-0.25, -0.2) is 9.18 Å². The highest BCUT2D eigenvalue weighted by Crippen LogP contribution is 2.29. The fraction of sp³-hybridized carbons (Fsp3) is 0.476. The third-order valence-corrected chi connectivity index (χ3v) is 5.76. The molecule has 1 fully saturated rings. The van der Waals surface area contributed by atoms with Crippen LogP contribution < -0.4 is 10.5 Å². The number of nitrogens with zero attached hydrogens (tertiary/aromatic N) is 2. The maximum absolute atomic E-state index is 14.7. The molecule has 1 aromatic carbocycles. The summed E-state index contributed by atoms with van der Waals surface area (Å²) < 4.78 is 19.9. The summed E-state index contributed by atoms with van der Waals surface area (Å²) in [5.74, 6) is -1.02. The molecule has 0 saturated heterocycles. The summed E-state index contributed by atoms with van der Waals surface area (Å²) in [5, 5.41) is 6.59. The van der Waals surface area contributed by atoms with E-state index in [2.05, 4.69) is 10.2 Å². The van der Waals surface area contributed by atoms with Crippen LogP contribution in [0, 0.1) is 11.7 Å². The maximum Gasteiger partial charge on any atom is 0.331 e. The van der Waals surface area contributed by atoms with E-state index in [9.17, 15) is 14.0 Å². The van der Waals surface area contributed by atoms with Crippen molar-refractivity contribution in [3.63, 3.8) is 0 Å². The molecule has 1 aliphatic rings. The normalized spacial score (nSPS) is 15.9. The monoisotopic (exact) mass is 436 g/mol. The molecule has 1 aliphatic carbocycles. The Labute approximate surface area is 179 Å². The number of aromatic nitrogens is 2. The minimum Gasteiger partial charge on any atom is -0.425 e. The average molecular weight is 437 g/mol. The van der Waals surface area contributed by atoms with Gasteiger partial charge in [-0.3, -0.25) is 9.89 Å². The molecule has 1 atom stereocenters. The fourth-order valence-electron chi connectivity index (χ4n) is 3.08. The van der Waals surface area contributed by atoms with Crippen LogP contribution in [-0.4, -0.2) is 39.1 Å². The van der Waals surface area contributed by atoms with E-state index in [1.165, 1.54) is 18.2 Å². The van der Waals surface area contributed by atoms with Crippen molar-refractivity contribution >= 4 is 23.5 Å². The highest BCUT2D eigenvalue weighted by molar-refractivity contribution is 6.29. The van der Waals surface area contributed by atoms with Crippen LogP contribution in [0.3, 0.4) is 0 Å². The lowest BCUT2D eigenvalue weighted by Gasteiger charge is -2.32. The summed E-state index contributed by atoms with van der Waals surface area (Å²) in [6, 6.07) is 5.60. The number of H-pyrrole nitrogens is 1. The molecule has 1 aromatic heterocycles. The second kappa shape index (κ2) is 9.14. The number of amides is 1. The molecule has 0 aliphatic heterocycles. The maximum atomic E-state index is 14.7. The van der Waals surface area contributed by atoms with Crippen molar-refractivity contribution in [2.75, 3.05) is 6.54 Å². The number of hydrogen-bond donors (Lipinski definition) is 2. The molecule has 30 heavy (non-hydrogen) atoms. The Morgan fingerprint density at radius 2 is 2.13 bits per heavy atom. The first kappa shape index (κ1) is 22.2.